The number of nitrogens with zero attached hydrogens (tertiary/aromatic N) is 1. The van der Waals surface area contributed by atoms with E-state index in [0.29, 0.717) is 32.1 Å². The van der Waals surface area contributed by atoms with E-state index in [9.17, 15) is 9.59 Å². The lowest BCUT2D eigenvalue weighted by atomic mass is 9.75. The standard InChI is InChI=1S/C26H41NO5/c1-7-26(8-2)19-22(31-24(29)17-13-12-16-23(28)30-6)18-25(4,5)27(26)32-20(3)21-14-10-9-11-15-21/h9-11,14-15,20,22H,7-8,12-13,16-19H2,1-6H3. The lowest BCUT2D eigenvalue weighted by Crippen LogP contribution is -2.64. The Balaban J connectivity index is 2.04. The molecule has 0 N–H and O–H groups in total. The molecular weight excluding hydrogens is 406 g/mol. The molecule has 2 unspecified atom stereocenters. The summed E-state index contributed by atoms with van der Waals surface area (Å²) in [6.07, 6.45) is 4.97. The van der Waals surface area contributed by atoms with Gasteiger partial charge in [-0.25, -0.2) is 0 Å². The molecule has 1 aromatic rings. The molecule has 0 radical (unpaired) electrons. The number of methoxy groups -OCH3 is 1. The molecular formula is C26H41NO5. The van der Waals surface area contributed by atoms with E-state index >= 15 is 0 Å². The molecule has 6 nitrogen and oxygen atoms in total. The van der Waals surface area contributed by atoms with Gasteiger partial charge in [0.15, 0.2) is 0 Å². The third-order valence-electron chi connectivity index (χ3n) is 6.70. The molecule has 0 aliphatic carbocycles. The predicted octanol–water partition coefficient (Wildman–Crippen LogP) is 5.76. The van der Waals surface area contributed by atoms with Crippen molar-refractivity contribution in [3.63, 3.8) is 0 Å². The summed E-state index contributed by atoms with van der Waals surface area (Å²) in [5.74, 6) is -0.434. The number of carbonyl (C=O) groups is 2. The molecule has 0 amide bonds. The van der Waals surface area contributed by atoms with Gasteiger partial charge in [0.1, 0.15) is 12.2 Å². The van der Waals surface area contributed by atoms with Crippen LogP contribution in [0.3, 0.4) is 0 Å². The molecule has 1 heterocycles. The Morgan fingerprint density at radius 3 is 2.19 bits per heavy atom. The van der Waals surface area contributed by atoms with E-state index in [-0.39, 0.29) is 35.2 Å². The maximum atomic E-state index is 12.5. The molecule has 6 heteroatoms. The van der Waals surface area contributed by atoms with Crippen molar-refractivity contribution in [1.82, 2.24) is 5.06 Å². The number of unbranched alkanes of at least 4 members (excludes halogenated alkanes) is 1. The van der Waals surface area contributed by atoms with Gasteiger partial charge in [0.05, 0.1) is 7.11 Å². The van der Waals surface area contributed by atoms with Gasteiger partial charge in [0.25, 0.3) is 0 Å². The lowest BCUT2D eigenvalue weighted by molar-refractivity contribution is -0.323. The number of carbonyl (C=O) groups excluding carboxylic acids is 2. The van der Waals surface area contributed by atoms with Crippen LogP contribution < -0.4 is 0 Å². The first-order chi connectivity index (χ1) is 15.2. The second kappa shape index (κ2) is 11.8. The molecule has 1 fully saturated rings. The Bertz CT molecular complexity index is 729. The van der Waals surface area contributed by atoms with Gasteiger partial charge < -0.3 is 9.47 Å². The normalized spacial score (nSPS) is 21.0. The van der Waals surface area contributed by atoms with Crippen molar-refractivity contribution >= 4 is 11.9 Å². The molecule has 32 heavy (non-hydrogen) atoms. The van der Waals surface area contributed by atoms with Crippen LogP contribution in [0.25, 0.3) is 0 Å². The summed E-state index contributed by atoms with van der Waals surface area (Å²) in [6, 6.07) is 10.3. The largest absolute Gasteiger partial charge is 0.469 e. The summed E-state index contributed by atoms with van der Waals surface area (Å²) in [5, 5.41) is 2.19. The Morgan fingerprint density at radius 2 is 1.62 bits per heavy atom. The smallest absolute Gasteiger partial charge is 0.306 e. The average molecular weight is 448 g/mol. The van der Waals surface area contributed by atoms with Crippen molar-refractivity contribution in [2.45, 2.75) is 109 Å². The van der Waals surface area contributed by atoms with Crippen molar-refractivity contribution in [3.05, 3.63) is 35.9 Å². The molecule has 0 bridgehead atoms. The molecule has 0 aromatic heterocycles. The number of ether oxygens (including phenoxy) is 2. The van der Waals surface area contributed by atoms with Crippen LogP contribution in [-0.4, -0.2) is 41.3 Å². The van der Waals surface area contributed by atoms with E-state index in [1.807, 2.05) is 18.2 Å². The Morgan fingerprint density at radius 1 is 1.03 bits per heavy atom. The first kappa shape index (κ1) is 26.3. The van der Waals surface area contributed by atoms with Crippen LogP contribution in [0.2, 0.25) is 0 Å². The molecule has 1 aromatic carbocycles. The zero-order valence-corrected chi connectivity index (χ0v) is 20.7. The maximum Gasteiger partial charge on any atom is 0.306 e. The topological polar surface area (TPSA) is 65.1 Å². The maximum absolute atomic E-state index is 12.5. The Hall–Kier alpha value is -1.92. The van der Waals surface area contributed by atoms with E-state index in [2.05, 4.69) is 56.6 Å². The summed E-state index contributed by atoms with van der Waals surface area (Å²) < 4.78 is 10.6. The van der Waals surface area contributed by atoms with Crippen molar-refractivity contribution < 1.29 is 23.9 Å². The summed E-state index contributed by atoms with van der Waals surface area (Å²) in [7, 11) is 1.38. The molecule has 0 spiro atoms. The predicted molar refractivity (Wildman–Crippen MR) is 125 cm³/mol. The van der Waals surface area contributed by atoms with Crippen LogP contribution in [-0.2, 0) is 23.9 Å². The SMILES string of the molecule is CCC1(CC)CC(OC(=O)CCCCC(=O)OC)CC(C)(C)N1OC(C)c1ccccc1. The number of hydrogen-bond acceptors (Lipinski definition) is 6. The minimum atomic E-state index is -0.289. The van der Waals surface area contributed by atoms with Gasteiger partial charge in [0.2, 0.25) is 0 Å². The van der Waals surface area contributed by atoms with E-state index in [1.165, 1.54) is 7.11 Å². The summed E-state index contributed by atoms with van der Waals surface area (Å²) in [6.45, 7) is 10.8. The molecule has 2 rings (SSSR count). The number of rotatable bonds is 11. The van der Waals surface area contributed by atoms with E-state index in [4.69, 9.17) is 9.57 Å². The lowest BCUT2D eigenvalue weighted by Gasteiger charge is -2.56. The first-order valence-corrected chi connectivity index (χ1v) is 12.0. The van der Waals surface area contributed by atoms with Crippen molar-refractivity contribution in [3.8, 4) is 0 Å². The van der Waals surface area contributed by atoms with Crippen molar-refractivity contribution in [2.24, 2.45) is 0 Å². The first-order valence-electron chi connectivity index (χ1n) is 12.0. The molecule has 1 aliphatic rings. The summed E-state index contributed by atoms with van der Waals surface area (Å²) in [5.41, 5.74) is 0.647. The highest BCUT2D eigenvalue weighted by molar-refractivity contribution is 5.70. The van der Waals surface area contributed by atoms with Gasteiger partial charge in [-0.05, 0) is 52.0 Å². The highest BCUT2D eigenvalue weighted by atomic mass is 16.7. The molecule has 2 atom stereocenters. The Kier molecular flexibility index (Phi) is 9.71. The zero-order valence-electron chi connectivity index (χ0n) is 20.7. The van der Waals surface area contributed by atoms with Crippen molar-refractivity contribution in [2.75, 3.05) is 7.11 Å². The van der Waals surface area contributed by atoms with E-state index in [1.54, 1.807) is 0 Å². The number of benzene rings is 1. The average Bonchev–Trinajstić information content (AvgIpc) is 2.78. The third-order valence-corrected chi connectivity index (χ3v) is 6.70. The van der Waals surface area contributed by atoms with E-state index in [0.717, 1.165) is 24.8 Å². The van der Waals surface area contributed by atoms with Crippen molar-refractivity contribution in [1.29, 1.82) is 0 Å². The summed E-state index contributed by atoms with van der Waals surface area (Å²) in [4.78, 5) is 30.3. The Labute approximate surface area is 193 Å². The van der Waals surface area contributed by atoms with Gasteiger partial charge in [-0.2, -0.15) is 5.06 Å². The van der Waals surface area contributed by atoms with Crippen LogP contribution in [0.4, 0.5) is 0 Å². The fourth-order valence-corrected chi connectivity index (χ4v) is 4.85. The minimum absolute atomic E-state index is 0.0677. The number of hydroxylamine groups is 2. The molecule has 1 saturated heterocycles. The van der Waals surface area contributed by atoms with Gasteiger partial charge >= 0.3 is 11.9 Å². The second-order valence-electron chi connectivity index (χ2n) is 9.50. The third kappa shape index (κ3) is 6.79. The number of piperidine rings is 1. The minimum Gasteiger partial charge on any atom is -0.469 e. The van der Waals surface area contributed by atoms with Gasteiger partial charge in [-0.15, -0.1) is 0 Å². The van der Waals surface area contributed by atoms with Crippen LogP contribution in [0.15, 0.2) is 30.3 Å². The quantitative estimate of drug-likeness (QED) is 0.317. The monoisotopic (exact) mass is 447 g/mol. The van der Waals surface area contributed by atoms with Gasteiger partial charge in [0, 0.05) is 36.8 Å². The fraction of sp³-hybridized carbons (Fsp3) is 0.692. The molecule has 180 valence electrons. The summed E-state index contributed by atoms with van der Waals surface area (Å²) >= 11 is 0. The van der Waals surface area contributed by atoms with Crippen LogP contribution >= 0.6 is 0 Å². The highest BCUT2D eigenvalue weighted by Gasteiger charge is 2.51. The van der Waals surface area contributed by atoms with Gasteiger partial charge in [-0.3, -0.25) is 14.4 Å². The highest BCUT2D eigenvalue weighted by Crippen LogP contribution is 2.45. The second-order valence-corrected chi connectivity index (χ2v) is 9.50. The fourth-order valence-electron chi connectivity index (χ4n) is 4.85. The molecule has 0 saturated carbocycles. The van der Waals surface area contributed by atoms with E-state index < -0.39 is 0 Å². The van der Waals surface area contributed by atoms with Crippen LogP contribution in [0, 0.1) is 0 Å². The zero-order chi connectivity index (χ0) is 23.8. The molecule has 1 aliphatic heterocycles. The van der Waals surface area contributed by atoms with Crippen LogP contribution in [0.1, 0.15) is 97.7 Å². The van der Waals surface area contributed by atoms with Gasteiger partial charge in [-0.1, -0.05) is 44.2 Å². The van der Waals surface area contributed by atoms with Crippen LogP contribution in [0.5, 0.6) is 0 Å². The number of esters is 2. The number of hydrogen-bond donors (Lipinski definition) is 0.